The molecule has 2 atom stereocenters. The van der Waals surface area contributed by atoms with E-state index in [-0.39, 0.29) is 30.9 Å². The molecule has 0 aromatic rings. The molecule has 50 heavy (non-hydrogen) atoms. The lowest BCUT2D eigenvalue weighted by Gasteiger charge is -2.18. The summed E-state index contributed by atoms with van der Waals surface area (Å²) in [4.78, 5) is 47.3. The van der Waals surface area contributed by atoms with Crippen LogP contribution in [-0.2, 0) is 23.9 Å². The fourth-order valence-corrected chi connectivity index (χ4v) is 6.36. The standard InChI is InChI=1S/C41H78N2O7/c1-3-5-7-9-10-11-12-13-14-15-16-17-18-19-20-21-23-29-33-40(47)50-36(30-26-22-8-6-4-2)31-27-24-25-28-32-38(45)42-34-39(46)43-37(35-44)41(48)49/h36-37,44H,3-35H2,1-2H3,(H,42,45)(H,43,46)(H,48,49). The van der Waals surface area contributed by atoms with Crippen LogP contribution in [0.25, 0.3) is 0 Å². The van der Waals surface area contributed by atoms with Crippen molar-refractivity contribution in [2.75, 3.05) is 13.2 Å². The fourth-order valence-electron chi connectivity index (χ4n) is 6.36. The number of carbonyl (C=O) groups is 4. The number of nitrogens with one attached hydrogen (secondary N) is 2. The Balaban J connectivity index is 3.98. The van der Waals surface area contributed by atoms with Crippen LogP contribution in [0.3, 0.4) is 0 Å². The van der Waals surface area contributed by atoms with E-state index in [9.17, 15) is 19.2 Å². The molecule has 0 aliphatic rings. The highest BCUT2D eigenvalue weighted by Gasteiger charge is 2.19. The summed E-state index contributed by atoms with van der Waals surface area (Å²) in [6.07, 6.45) is 35.8. The van der Waals surface area contributed by atoms with E-state index < -0.39 is 24.5 Å². The summed E-state index contributed by atoms with van der Waals surface area (Å²) >= 11 is 0. The highest BCUT2D eigenvalue weighted by atomic mass is 16.5. The molecule has 0 spiro atoms. The minimum Gasteiger partial charge on any atom is -0.480 e. The third kappa shape index (κ3) is 33.0. The minimum absolute atomic E-state index is 0.0324. The molecule has 9 nitrogen and oxygen atoms in total. The second kappa shape index (κ2) is 36.6. The van der Waals surface area contributed by atoms with Crippen LogP contribution in [-0.4, -0.2) is 59.3 Å². The lowest BCUT2D eigenvalue weighted by Crippen LogP contribution is -2.47. The lowest BCUT2D eigenvalue weighted by molar-refractivity contribution is -0.150. The number of carbonyl (C=O) groups excluding carboxylic acids is 3. The number of rotatable bonds is 38. The highest BCUT2D eigenvalue weighted by Crippen LogP contribution is 2.19. The van der Waals surface area contributed by atoms with Crippen LogP contribution in [0.5, 0.6) is 0 Å². The Kier molecular flexibility index (Phi) is 35.0. The molecule has 9 heteroatoms. The van der Waals surface area contributed by atoms with Gasteiger partial charge in [0.05, 0.1) is 13.2 Å². The summed E-state index contributed by atoms with van der Waals surface area (Å²) in [6.45, 7) is 3.45. The minimum atomic E-state index is -1.38. The number of hydrogen-bond acceptors (Lipinski definition) is 6. The zero-order valence-electron chi connectivity index (χ0n) is 32.4. The SMILES string of the molecule is CCCCCCCCCCCCCCCCCCCCC(=O)OC(CCCCCCC)CCCCCCC(=O)NCC(=O)NC(CO)C(=O)O. The van der Waals surface area contributed by atoms with E-state index in [0.717, 1.165) is 51.4 Å². The molecule has 2 amide bonds. The van der Waals surface area contributed by atoms with Crippen LogP contribution in [0, 0.1) is 0 Å². The fraction of sp³-hybridized carbons (Fsp3) is 0.902. The van der Waals surface area contributed by atoms with Gasteiger partial charge in [-0.05, 0) is 38.5 Å². The van der Waals surface area contributed by atoms with Gasteiger partial charge in [-0.25, -0.2) is 4.79 Å². The lowest BCUT2D eigenvalue weighted by atomic mass is 10.0. The maximum atomic E-state index is 12.7. The number of aliphatic hydroxyl groups excluding tert-OH is 1. The van der Waals surface area contributed by atoms with Crippen LogP contribution >= 0.6 is 0 Å². The van der Waals surface area contributed by atoms with Gasteiger partial charge >= 0.3 is 11.9 Å². The predicted molar refractivity (Wildman–Crippen MR) is 204 cm³/mol. The first-order valence-corrected chi connectivity index (χ1v) is 20.9. The molecule has 4 N–H and O–H groups in total. The van der Waals surface area contributed by atoms with E-state index >= 15 is 0 Å². The van der Waals surface area contributed by atoms with Crippen molar-refractivity contribution >= 4 is 23.8 Å². The van der Waals surface area contributed by atoms with Crippen molar-refractivity contribution in [3.05, 3.63) is 0 Å². The summed E-state index contributed by atoms with van der Waals surface area (Å²) in [5, 5.41) is 22.5. The molecule has 0 aliphatic heterocycles. The number of aliphatic carboxylic acids is 1. The zero-order valence-corrected chi connectivity index (χ0v) is 32.4. The Morgan fingerprint density at radius 2 is 0.900 bits per heavy atom. The molecule has 294 valence electrons. The number of ether oxygens (including phenoxy) is 1. The van der Waals surface area contributed by atoms with Crippen molar-refractivity contribution in [2.24, 2.45) is 0 Å². The van der Waals surface area contributed by atoms with E-state index in [1.54, 1.807) is 0 Å². The van der Waals surface area contributed by atoms with Gasteiger partial charge in [0.25, 0.3) is 0 Å². The summed E-state index contributed by atoms with van der Waals surface area (Å²) in [5.74, 6) is -2.32. The average molecular weight is 711 g/mol. The Morgan fingerprint density at radius 1 is 0.520 bits per heavy atom. The topological polar surface area (TPSA) is 142 Å². The van der Waals surface area contributed by atoms with Gasteiger partial charge in [0, 0.05) is 12.8 Å². The number of amides is 2. The quantitative estimate of drug-likeness (QED) is 0.0369. The maximum Gasteiger partial charge on any atom is 0.328 e. The van der Waals surface area contributed by atoms with Gasteiger partial charge in [-0.15, -0.1) is 0 Å². The number of hydrogen-bond donors (Lipinski definition) is 4. The molecular weight excluding hydrogens is 632 g/mol. The molecule has 0 aliphatic carbocycles. The van der Waals surface area contributed by atoms with Crippen LogP contribution in [0.1, 0.15) is 213 Å². The van der Waals surface area contributed by atoms with Gasteiger partial charge in [-0.1, -0.05) is 162 Å². The van der Waals surface area contributed by atoms with Crippen molar-refractivity contribution in [2.45, 2.75) is 225 Å². The highest BCUT2D eigenvalue weighted by molar-refractivity contribution is 5.87. The molecule has 0 radical (unpaired) electrons. The van der Waals surface area contributed by atoms with E-state index in [1.165, 1.54) is 128 Å². The van der Waals surface area contributed by atoms with Gasteiger partial charge in [-0.2, -0.15) is 0 Å². The summed E-state index contributed by atoms with van der Waals surface area (Å²) < 4.78 is 5.95. The van der Waals surface area contributed by atoms with Crippen LogP contribution in [0.2, 0.25) is 0 Å². The van der Waals surface area contributed by atoms with E-state index in [0.29, 0.717) is 12.8 Å². The first-order chi connectivity index (χ1) is 24.3. The van der Waals surface area contributed by atoms with Gasteiger partial charge < -0.3 is 25.6 Å². The smallest absolute Gasteiger partial charge is 0.328 e. The Morgan fingerprint density at radius 3 is 1.30 bits per heavy atom. The van der Waals surface area contributed by atoms with Crippen molar-refractivity contribution in [3.8, 4) is 0 Å². The Bertz CT molecular complexity index is 823. The average Bonchev–Trinajstić information content (AvgIpc) is 3.10. The van der Waals surface area contributed by atoms with E-state index in [1.807, 2.05) is 0 Å². The predicted octanol–water partition coefficient (Wildman–Crippen LogP) is 9.71. The Hall–Kier alpha value is -2.16. The maximum absolute atomic E-state index is 12.7. The number of esters is 1. The molecular formula is C41H78N2O7. The van der Waals surface area contributed by atoms with E-state index in [2.05, 4.69) is 24.5 Å². The summed E-state index contributed by atoms with van der Waals surface area (Å²) in [6, 6.07) is -1.38. The van der Waals surface area contributed by atoms with Gasteiger partial charge in [0.1, 0.15) is 12.1 Å². The number of carboxylic acid groups (broad SMARTS) is 1. The molecule has 0 heterocycles. The third-order valence-corrected chi connectivity index (χ3v) is 9.60. The van der Waals surface area contributed by atoms with Crippen molar-refractivity contribution < 1.29 is 34.1 Å². The van der Waals surface area contributed by atoms with Crippen molar-refractivity contribution in [1.29, 1.82) is 0 Å². The Labute approximate surface area is 306 Å². The molecule has 0 aromatic heterocycles. The molecule has 0 saturated heterocycles. The number of aliphatic hydroxyl groups is 1. The van der Waals surface area contributed by atoms with Crippen LogP contribution in [0.4, 0.5) is 0 Å². The first-order valence-electron chi connectivity index (χ1n) is 20.9. The van der Waals surface area contributed by atoms with Gasteiger partial charge in [0.15, 0.2) is 0 Å². The molecule has 0 fully saturated rings. The van der Waals surface area contributed by atoms with Crippen LogP contribution in [0.15, 0.2) is 0 Å². The molecule has 0 saturated carbocycles. The first kappa shape index (κ1) is 47.8. The summed E-state index contributed by atoms with van der Waals surface area (Å²) in [7, 11) is 0. The number of carboxylic acids is 1. The monoisotopic (exact) mass is 711 g/mol. The third-order valence-electron chi connectivity index (χ3n) is 9.60. The van der Waals surface area contributed by atoms with Gasteiger partial charge in [-0.3, -0.25) is 14.4 Å². The summed E-state index contributed by atoms with van der Waals surface area (Å²) in [5.41, 5.74) is 0. The second-order valence-electron chi connectivity index (χ2n) is 14.4. The molecule has 0 rings (SSSR count). The van der Waals surface area contributed by atoms with E-state index in [4.69, 9.17) is 14.9 Å². The largest absolute Gasteiger partial charge is 0.480 e. The zero-order chi connectivity index (χ0) is 36.9. The van der Waals surface area contributed by atoms with Gasteiger partial charge in [0.2, 0.25) is 11.8 Å². The molecule has 2 unspecified atom stereocenters. The normalized spacial score (nSPS) is 12.4. The van der Waals surface area contributed by atoms with Crippen LogP contribution < -0.4 is 10.6 Å². The molecule has 0 aromatic carbocycles. The van der Waals surface area contributed by atoms with Crippen molar-refractivity contribution in [3.63, 3.8) is 0 Å². The van der Waals surface area contributed by atoms with Crippen molar-refractivity contribution in [1.82, 2.24) is 10.6 Å². The second-order valence-corrected chi connectivity index (χ2v) is 14.4. The molecule has 0 bridgehead atoms. The number of unbranched alkanes of at least 4 members (excludes halogenated alkanes) is 24.